The van der Waals surface area contributed by atoms with Gasteiger partial charge in [-0.25, -0.2) is 9.78 Å². The summed E-state index contributed by atoms with van der Waals surface area (Å²) in [6.45, 7) is 4.71. The molecule has 3 saturated carbocycles. The van der Waals surface area contributed by atoms with Crippen LogP contribution in [0.2, 0.25) is 0 Å². The average molecular weight is 470 g/mol. The Kier molecular flexibility index (Phi) is 7.87. The molecular weight excluding hydrogens is 422 g/mol. The first-order valence-corrected chi connectivity index (χ1v) is 14.4. The topological polar surface area (TPSA) is 53.7 Å². The third-order valence-electron chi connectivity index (χ3n) is 9.39. The van der Waals surface area contributed by atoms with E-state index in [1.54, 1.807) is 0 Å². The lowest BCUT2D eigenvalue weighted by Gasteiger charge is -2.43. The van der Waals surface area contributed by atoms with Crippen molar-refractivity contribution in [1.82, 2.24) is 0 Å². The fraction of sp³-hybridized carbons (Fsp3) is 0.800. The second-order valence-corrected chi connectivity index (χ2v) is 12.4. The van der Waals surface area contributed by atoms with Gasteiger partial charge in [-0.1, -0.05) is 26.0 Å². The molecule has 4 unspecified atom stereocenters. The predicted molar refractivity (Wildman–Crippen MR) is 137 cm³/mol. The molecule has 5 rings (SSSR count). The normalized spacial score (nSPS) is 41.3. The fourth-order valence-corrected chi connectivity index (χ4v) is 7.72. The zero-order chi connectivity index (χ0) is 23.5. The Morgan fingerprint density at radius 1 is 0.941 bits per heavy atom. The molecule has 0 amide bonds. The lowest BCUT2D eigenvalue weighted by atomic mass is 9.66. The maximum atomic E-state index is 6.49. The Morgan fingerprint density at radius 3 is 2.47 bits per heavy atom. The van der Waals surface area contributed by atoms with E-state index in [1.807, 2.05) is 0 Å². The first kappa shape index (κ1) is 24.6. The third kappa shape index (κ3) is 5.99. The van der Waals surface area contributed by atoms with E-state index in [0.29, 0.717) is 18.1 Å². The SMILES string of the molecule is CCC1CC2CC(C)CC(C2)C[C@]2(CCC[C@@H](c3ccc(O[C@H]4CC[C@@H](N)CC4)cc3)C2)OO1. The Morgan fingerprint density at radius 2 is 1.71 bits per heavy atom. The van der Waals surface area contributed by atoms with E-state index in [2.05, 4.69) is 38.1 Å². The van der Waals surface area contributed by atoms with Crippen LogP contribution < -0.4 is 10.5 Å². The lowest BCUT2D eigenvalue weighted by Crippen LogP contribution is -2.40. The number of benzene rings is 1. The molecule has 2 N–H and O–H groups in total. The summed E-state index contributed by atoms with van der Waals surface area (Å²) in [6.07, 6.45) is 17.1. The molecule has 0 aromatic heterocycles. The highest BCUT2D eigenvalue weighted by molar-refractivity contribution is 5.30. The van der Waals surface area contributed by atoms with Crippen LogP contribution in [0.25, 0.3) is 0 Å². The van der Waals surface area contributed by atoms with Gasteiger partial charge in [0.2, 0.25) is 0 Å². The van der Waals surface area contributed by atoms with Crippen LogP contribution >= 0.6 is 0 Å². The summed E-state index contributed by atoms with van der Waals surface area (Å²) < 4.78 is 6.28. The van der Waals surface area contributed by atoms with Gasteiger partial charge in [-0.2, -0.15) is 0 Å². The Bertz CT molecular complexity index is 774. The van der Waals surface area contributed by atoms with Crippen molar-refractivity contribution in [2.45, 2.75) is 134 Å². The minimum atomic E-state index is -0.122. The highest BCUT2D eigenvalue weighted by Gasteiger charge is 2.44. The molecule has 4 nitrogen and oxygen atoms in total. The number of hydrogen-bond acceptors (Lipinski definition) is 4. The van der Waals surface area contributed by atoms with E-state index >= 15 is 0 Å². The van der Waals surface area contributed by atoms with Crippen LogP contribution in [0.5, 0.6) is 5.75 Å². The molecule has 1 aromatic rings. The second kappa shape index (κ2) is 10.9. The van der Waals surface area contributed by atoms with E-state index in [-0.39, 0.29) is 11.7 Å². The van der Waals surface area contributed by atoms with Crippen LogP contribution in [0.1, 0.15) is 115 Å². The van der Waals surface area contributed by atoms with Crippen LogP contribution in [-0.2, 0) is 9.78 Å². The highest BCUT2D eigenvalue weighted by atomic mass is 17.2. The number of ether oxygens (including phenoxy) is 1. The zero-order valence-electron chi connectivity index (χ0n) is 21.6. The molecule has 1 heterocycles. The van der Waals surface area contributed by atoms with Crippen molar-refractivity contribution in [3.8, 4) is 5.75 Å². The quantitative estimate of drug-likeness (QED) is 0.470. The monoisotopic (exact) mass is 469 g/mol. The molecular formula is C30H47NO3. The smallest absolute Gasteiger partial charge is 0.119 e. The van der Waals surface area contributed by atoms with Crippen molar-refractivity contribution in [2.24, 2.45) is 23.5 Å². The Hall–Kier alpha value is -1.10. The van der Waals surface area contributed by atoms with Crippen LogP contribution in [0.3, 0.4) is 0 Å². The van der Waals surface area contributed by atoms with Gasteiger partial charge in [0, 0.05) is 6.04 Å². The van der Waals surface area contributed by atoms with Crippen molar-refractivity contribution in [1.29, 1.82) is 0 Å². The largest absolute Gasteiger partial charge is 0.490 e. The summed E-state index contributed by atoms with van der Waals surface area (Å²) in [5.41, 5.74) is 7.36. The van der Waals surface area contributed by atoms with Gasteiger partial charge < -0.3 is 10.5 Å². The van der Waals surface area contributed by atoms with Crippen molar-refractivity contribution in [3.05, 3.63) is 29.8 Å². The fourth-order valence-electron chi connectivity index (χ4n) is 7.72. The molecule has 190 valence electrons. The van der Waals surface area contributed by atoms with Gasteiger partial charge in [-0.05, 0) is 131 Å². The minimum absolute atomic E-state index is 0.122. The van der Waals surface area contributed by atoms with Crippen molar-refractivity contribution in [2.75, 3.05) is 0 Å². The molecule has 1 spiro atoms. The van der Waals surface area contributed by atoms with E-state index in [9.17, 15) is 0 Å². The van der Waals surface area contributed by atoms with Crippen LogP contribution in [0, 0.1) is 17.8 Å². The summed E-state index contributed by atoms with van der Waals surface area (Å²) in [7, 11) is 0. The Labute approximate surface area is 207 Å². The minimum Gasteiger partial charge on any atom is -0.490 e. The lowest BCUT2D eigenvalue weighted by molar-refractivity contribution is -0.393. The van der Waals surface area contributed by atoms with Gasteiger partial charge in [-0.3, -0.25) is 0 Å². The maximum absolute atomic E-state index is 6.49. The molecule has 1 aliphatic heterocycles. The molecule has 1 aromatic carbocycles. The van der Waals surface area contributed by atoms with Crippen molar-refractivity contribution < 1.29 is 14.5 Å². The molecule has 34 heavy (non-hydrogen) atoms. The van der Waals surface area contributed by atoms with E-state index < -0.39 is 0 Å². The summed E-state index contributed by atoms with van der Waals surface area (Å²) in [5.74, 6) is 3.97. The van der Waals surface area contributed by atoms with Gasteiger partial charge in [0.1, 0.15) is 11.4 Å². The van der Waals surface area contributed by atoms with Gasteiger partial charge >= 0.3 is 0 Å². The summed E-state index contributed by atoms with van der Waals surface area (Å²) in [6, 6.07) is 9.34. The molecule has 1 saturated heterocycles. The number of fused-ring (bicyclic) bond motifs is 2. The standard InChI is InChI=1S/C30H47NO3/c1-3-27-18-22-15-21(2)16-23(17-22)19-30(34-33-27)14-4-5-25(20-30)24-6-10-28(11-7-24)32-29-12-8-26(31)9-13-29/h6-7,10-11,21-23,25-27,29H,3-5,8-9,12-20,31H2,1-2H3/t21?,22?,23?,25-,26-,27?,29+,30+/m1/s1. The first-order valence-electron chi connectivity index (χ1n) is 14.4. The molecule has 2 bridgehead atoms. The van der Waals surface area contributed by atoms with E-state index in [0.717, 1.165) is 68.4 Å². The van der Waals surface area contributed by atoms with E-state index in [4.69, 9.17) is 20.2 Å². The molecule has 4 aliphatic rings. The van der Waals surface area contributed by atoms with Crippen LogP contribution in [0.15, 0.2) is 24.3 Å². The van der Waals surface area contributed by atoms with Crippen molar-refractivity contribution in [3.63, 3.8) is 0 Å². The highest BCUT2D eigenvalue weighted by Crippen LogP contribution is 2.49. The summed E-state index contributed by atoms with van der Waals surface area (Å²) in [4.78, 5) is 12.7. The molecule has 6 atom stereocenters. The number of nitrogens with two attached hydrogens (primary N) is 1. The number of hydrogen-bond donors (Lipinski definition) is 1. The zero-order valence-corrected chi connectivity index (χ0v) is 21.6. The van der Waals surface area contributed by atoms with Gasteiger partial charge in [0.15, 0.2) is 0 Å². The van der Waals surface area contributed by atoms with Crippen LogP contribution in [-0.4, -0.2) is 23.9 Å². The van der Waals surface area contributed by atoms with E-state index in [1.165, 1.54) is 50.5 Å². The average Bonchev–Trinajstić information content (AvgIpc) is 2.88. The third-order valence-corrected chi connectivity index (χ3v) is 9.39. The molecule has 0 radical (unpaired) electrons. The molecule has 4 heteroatoms. The van der Waals surface area contributed by atoms with Crippen LogP contribution in [0.4, 0.5) is 0 Å². The predicted octanol–water partition coefficient (Wildman–Crippen LogP) is 7.30. The first-order chi connectivity index (χ1) is 16.5. The van der Waals surface area contributed by atoms with Gasteiger partial charge in [0.05, 0.1) is 12.2 Å². The molecule has 4 fully saturated rings. The van der Waals surface area contributed by atoms with Gasteiger partial charge in [-0.15, -0.1) is 0 Å². The number of rotatable bonds is 4. The van der Waals surface area contributed by atoms with Gasteiger partial charge in [0.25, 0.3) is 0 Å². The summed E-state index contributed by atoms with van der Waals surface area (Å²) in [5, 5.41) is 0. The maximum Gasteiger partial charge on any atom is 0.119 e. The summed E-state index contributed by atoms with van der Waals surface area (Å²) >= 11 is 0. The molecule has 3 aliphatic carbocycles. The Balaban J connectivity index is 1.26. The second-order valence-electron chi connectivity index (χ2n) is 12.4. The van der Waals surface area contributed by atoms with Crippen molar-refractivity contribution >= 4 is 0 Å².